The Hall–Kier alpha value is -2.78. The third kappa shape index (κ3) is 5.11. The highest BCUT2D eigenvalue weighted by Crippen LogP contribution is 2.20. The highest BCUT2D eigenvalue weighted by atomic mass is 35.5. The molecule has 3 rings (SSSR count). The lowest BCUT2D eigenvalue weighted by molar-refractivity contribution is 0.0935. The van der Waals surface area contributed by atoms with E-state index in [4.69, 9.17) is 16.3 Å². The molecule has 4 heteroatoms. The molecule has 0 heterocycles. The summed E-state index contributed by atoms with van der Waals surface area (Å²) in [5.74, 6) is 0.602. The van der Waals surface area contributed by atoms with Crippen molar-refractivity contribution in [2.24, 2.45) is 0 Å². The molecule has 0 radical (unpaired) electrons. The largest absolute Gasteiger partial charge is 0.489 e. The molecular formula is C23H22ClNO2. The summed E-state index contributed by atoms with van der Waals surface area (Å²) < 4.78 is 5.76. The number of hydrogen-bond acceptors (Lipinski definition) is 2. The van der Waals surface area contributed by atoms with E-state index in [2.05, 4.69) is 12.2 Å². The lowest BCUT2D eigenvalue weighted by Gasteiger charge is -2.17. The third-order valence-electron chi connectivity index (χ3n) is 4.38. The van der Waals surface area contributed by atoms with Crippen LogP contribution in [-0.4, -0.2) is 5.91 Å². The van der Waals surface area contributed by atoms with Crippen LogP contribution >= 0.6 is 11.6 Å². The van der Waals surface area contributed by atoms with Crippen LogP contribution in [-0.2, 0) is 6.61 Å². The van der Waals surface area contributed by atoms with Gasteiger partial charge in [-0.15, -0.1) is 0 Å². The van der Waals surface area contributed by atoms with Crippen molar-refractivity contribution in [1.29, 1.82) is 0 Å². The summed E-state index contributed by atoms with van der Waals surface area (Å²) in [6, 6.07) is 24.7. The first kappa shape index (κ1) is 19.0. The molecule has 0 unspecified atom stereocenters. The number of hydrogen-bond donors (Lipinski definition) is 1. The fourth-order valence-electron chi connectivity index (χ4n) is 2.83. The van der Waals surface area contributed by atoms with Crippen molar-refractivity contribution >= 4 is 17.5 Å². The van der Waals surface area contributed by atoms with Gasteiger partial charge in [0.15, 0.2) is 0 Å². The first-order chi connectivity index (χ1) is 13.2. The molecule has 3 nitrogen and oxygen atoms in total. The Morgan fingerprint density at radius 1 is 0.963 bits per heavy atom. The van der Waals surface area contributed by atoms with Gasteiger partial charge in [0.25, 0.3) is 5.91 Å². The van der Waals surface area contributed by atoms with Gasteiger partial charge < -0.3 is 10.1 Å². The summed E-state index contributed by atoms with van der Waals surface area (Å²) >= 11 is 6.14. The average Bonchev–Trinajstić information content (AvgIpc) is 2.72. The van der Waals surface area contributed by atoms with Gasteiger partial charge in [0.1, 0.15) is 12.4 Å². The van der Waals surface area contributed by atoms with E-state index < -0.39 is 0 Å². The van der Waals surface area contributed by atoms with E-state index in [0.717, 1.165) is 17.5 Å². The Morgan fingerprint density at radius 2 is 1.63 bits per heavy atom. The van der Waals surface area contributed by atoms with Gasteiger partial charge in [-0.2, -0.15) is 0 Å². The maximum Gasteiger partial charge on any atom is 0.251 e. The van der Waals surface area contributed by atoms with Crippen molar-refractivity contribution in [2.75, 3.05) is 0 Å². The number of ether oxygens (including phenoxy) is 1. The monoisotopic (exact) mass is 379 g/mol. The van der Waals surface area contributed by atoms with Gasteiger partial charge in [0.2, 0.25) is 0 Å². The number of rotatable bonds is 7. The van der Waals surface area contributed by atoms with Gasteiger partial charge in [-0.3, -0.25) is 4.79 Å². The molecule has 0 bridgehead atoms. The minimum atomic E-state index is -0.0941. The molecule has 0 fully saturated rings. The molecule has 0 aliphatic heterocycles. The van der Waals surface area contributed by atoms with E-state index >= 15 is 0 Å². The van der Waals surface area contributed by atoms with Crippen LogP contribution < -0.4 is 10.1 Å². The van der Waals surface area contributed by atoms with Crippen LogP contribution in [0, 0.1) is 0 Å². The number of amides is 1. The van der Waals surface area contributed by atoms with Gasteiger partial charge in [-0.25, -0.2) is 0 Å². The summed E-state index contributed by atoms with van der Waals surface area (Å²) in [6.07, 6.45) is 0.828. The zero-order valence-electron chi connectivity index (χ0n) is 15.2. The summed E-state index contributed by atoms with van der Waals surface area (Å²) in [5.41, 5.74) is 2.64. The van der Waals surface area contributed by atoms with Crippen LogP contribution in [0.1, 0.15) is 40.9 Å². The minimum Gasteiger partial charge on any atom is -0.489 e. The topological polar surface area (TPSA) is 38.3 Å². The summed E-state index contributed by atoms with van der Waals surface area (Å²) in [6.45, 7) is 2.45. The SMILES string of the molecule is CC[C@@H](NC(=O)c1ccc(OCc2ccccc2Cl)cc1)c1ccccc1. The Balaban J connectivity index is 1.61. The van der Waals surface area contributed by atoms with Crippen LogP contribution in [0.2, 0.25) is 5.02 Å². The highest BCUT2D eigenvalue weighted by Gasteiger charge is 2.14. The van der Waals surface area contributed by atoms with Crippen LogP contribution in [0.5, 0.6) is 5.75 Å². The van der Waals surface area contributed by atoms with Gasteiger partial charge in [-0.1, -0.05) is 67.1 Å². The molecule has 27 heavy (non-hydrogen) atoms. The first-order valence-electron chi connectivity index (χ1n) is 8.99. The second-order valence-electron chi connectivity index (χ2n) is 6.25. The van der Waals surface area contributed by atoms with Crippen molar-refractivity contribution in [3.63, 3.8) is 0 Å². The summed E-state index contributed by atoms with van der Waals surface area (Å²) in [4.78, 5) is 12.6. The number of halogens is 1. The van der Waals surface area contributed by atoms with Crippen molar-refractivity contribution in [3.05, 3.63) is 101 Å². The lowest BCUT2D eigenvalue weighted by Crippen LogP contribution is -2.28. The molecule has 0 spiro atoms. The molecule has 1 atom stereocenters. The molecule has 1 amide bonds. The molecule has 3 aromatic rings. The van der Waals surface area contributed by atoms with Crippen LogP contribution in [0.3, 0.4) is 0 Å². The predicted octanol–water partition coefficient (Wildman–Crippen LogP) is 5.80. The average molecular weight is 380 g/mol. The fraction of sp³-hybridized carbons (Fsp3) is 0.174. The Kier molecular flexibility index (Phi) is 6.50. The highest BCUT2D eigenvalue weighted by molar-refractivity contribution is 6.31. The number of carbonyl (C=O) groups excluding carboxylic acids is 1. The first-order valence-corrected chi connectivity index (χ1v) is 9.37. The standard InChI is InChI=1S/C23H22ClNO2/c1-2-22(17-8-4-3-5-9-17)25-23(26)18-12-14-20(15-13-18)27-16-19-10-6-7-11-21(19)24/h3-15,22H,2,16H2,1H3,(H,25,26)/t22-/m1/s1. The van der Waals surface area contributed by atoms with Crippen molar-refractivity contribution in [2.45, 2.75) is 26.0 Å². The molecule has 0 aliphatic rings. The maximum absolute atomic E-state index is 12.6. The van der Waals surface area contributed by atoms with E-state index in [0.29, 0.717) is 22.9 Å². The third-order valence-corrected chi connectivity index (χ3v) is 4.75. The number of benzene rings is 3. The quantitative estimate of drug-likeness (QED) is 0.563. The second-order valence-corrected chi connectivity index (χ2v) is 6.66. The smallest absolute Gasteiger partial charge is 0.251 e. The molecule has 3 aromatic carbocycles. The molecule has 0 saturated carbocycles. The fourth-order valence-corrected chi connectivity index (χ4v) is 3.02. The minimum absolute atomic E-state index is 0.00477. The van der Waals surface area contributed by atoms with Crippen LogP contribution in [0.4, 0.5) is 0 Å². The number of nitrogens with one attached hydrogen (secondary N) is 1. The van der Waals surface area contributed by atoms with Gasteiger partial charge >= 0.3 is 0 Å². The predicted molar refractivity (Wildman–Crippen MR) is 109 cm³/mol. The molecule has 138 valence electrons. The maximum atomic E-state index is 12.6. The van der Waals surface area contributed by atoms with Crippen molar-refractivity contribution in [3.8, 4) is 5.75 Å². The normalized spacial score (nSPS) is 11.6. The summed E-state index contributed by atoms with van der Waals surface area (Å²) in [7, 11) is 0. The molecule has 1 N–H and O–H groups in total. The molecular weight excluding hydrogens is 358 g/mol. The zero-order chi connectivity index (χ0) is 19.1. The van der Waals surface area contributed by atoms with Gasteiger partial charge in [0.05, 0.1) is 6.04 Å². The Bertz CT molecular complexity index is 878. The van der Waals surface area contributed by atoms with E-state index in [9.17, 15) is 4.79 Å². The summed E-state index contributed by atoms with van der Waals surface area (Å²) in [5, 5.41) is 3.77. The Labute approximate surface area is 164 Å². The van der Waals surface area contributed by atoms with Crippen LogP contribution in [0.25, 0.3) is 0 Å². The van der Waals surface area contributed by atoms with Crippen molar-refractivity contribution < 1.29 is 9.53 Å². The van der Waals surface area contributed by atoms with E-state index in [1.807, 2.05) is 54.6 Å². The van der Waals surface area contributed by atoms with E-state index in [-0.39, 0.29) is 11.9 Å². The van der Waals surface area contributed by atoms with E-state index in [1.165, 1.54) is 0 Å². The molecule has 0 aliphatic carbocycles. The Morgan fingerprint density at radius 3 is 2.30 bits per heavy atom. The lowest BCUT2D eigenvalue weighted by atomic mass is 10.0. The molecule has 0 saturated heterocycles. The van der Waals surface area contributed by atoms with Crippen LogP contribution in [0.15, 0.2) is 78.9 Å². The van der Waals surface area contributed by atoms with Gasteiger partial charge in [-0.05, 0) is 42.3 Å². The number of carbonyl (C=O) groups is 1. The van der Waals surface area contributed by atoms with E-state index in [1.54, 1.807) is 24.3 Å². The molecule has 0 aromatic heterocycles. The zero-order valence-corrected chi connectivity index (χ0v) is 15.9. The second kappa shape index (κ2) is 9.24. The van der Waals surface area contributed by atoms with Crippen molar-refractivity contribution in [1.82, 2.24) is 5.32 Å². The van der Waals surface area contributed by atoms with Gasteiger partial charge in [0, 0.05) is 16.1 Å².